The van der Waals surface area contributed by atoms with Crippen LogP contribution in [0.5, 0.6) is 0 Å². The van der Waals surface area contributed by atoms with Crippen molar-refractivity contribution in [1.82, 2.24) is 19.6 Å². The monoisotopic (exact) mass is 546 g/mol. The Morgan fingerprint density at radius 3 is 2.63 bits per heavy atom. The molecule has 1 aromatic carbocycles. The van der Waals surface area contributed by atoms with Crippen LogP contribution in [0, 0.1) is 0 Å². The number of amides is 1. The minimum atomic E-state index is -4.50. The summed E-state index contributed by atoms with van der Waals surface area (Å²) >= 11 is 0. The van der Waals surface area contributed by atoms with Gasteiger partial charge in [-0.05, 0) is 36.8 Å². The first-order valence-electron chi connectivity index (χ1n) is 11.5. The number of nitrogens with zero attached hydrogens (tertiary/aromatic N) is 3. The number of aromatic nitrogens is 2. The van der Waals surface area contributed by atoms with E-state index in [0.29, 0.717) is 22.2 Å². The third kappa shape index (κ3) is 4.99. The number of halogens is 3. The van der Waals surface area contributed by atoms with Gasteiger partial charge in [-0.2, -0.15) is 17.5 Å². The first kappa shape index (κ1) is 25.8. The molecule has 3 aromatic heterocycles. The lowest BCUT2D eigenvalue weighted by atomic mass is 10.1. The molecule has 1 saturated heterocycles. The highest BCUT2D eigenvalue weighted by Gasteiger charge is 2.46. The number of furan rings is 1. The second-order valence-corrected chi connectivity index (χ2v) is 10.5. The first-order chi connectivity index (χ1) is 18.0. The van der Waals surface area contributed by atoms with Gasteiger partial charge >= 0.3 is 6.18 Å². The van der Waals surface area contributed by atoms with E-state index >= 15 is 0 Å². The van der Waals surface area contributed by atoms with Crippen LogP contribution in [0.1, 0.15) is 17.7 Å². The zero-order chi connectivity index (χ0) is 27.1. The summed E-state index contributed by atoms with van der Waals surface area (Å²) < 4.78 is 71.4. The fraction of sp³-hybridized carbons (Fsp3) is 0.240. The first-order valence-corrected chi connectivity index (χ1v) is 12.9. The molecule has 1 aliphatic heterocycles. The molecule has 0 radical (unpaired) electrons. The molecule has 0 spiro atoms. The molecule has 9 nitrogen and oxygen atoms in total. The number of benzene rings is 1. The molecule has 38 heavy (non-hydrogen) atoms. The largest absolute Gasteiger partial charge is 0.443 e. The normalized spacial score (nSPS) is 18.6. The summed E-state index contributed by atoms with van der Waals surface area (Å²) in [6.45, 7) is -0.193. The van der Waals surface area contributed by atoms with Crippen LogP contribution in [0.4, 0.5) is 13.2 Å². The van der Waals surface area contributed by atoms with Crippen LogP contribution in [-0.2, 0) is 27.5 Å². The van der Waals surface area contributed by atoms with Crippen LogP contribution < -0.4 is 5.32 Å². The Labute approximate surface area is 215 Å². The van der Waals surface area contributed by atoms with E-state index in [1.54, 1.807) is 36.4 Å². The van der Waals surface area contributed by atoms with E-state index < -0.39 is 39.8 Å². The van der Waals surface area contributed by atoms with Crippen LogP contribution in [0.2, 0.25) is 0 Å². The molecular formula is C25H21F3N4O5S. The van der Waals surface area contributed by atoms with Crippen LogP contribution in [0.15, 0.2) is 76.5 Å². The topological polar surface area (TPSA) is 126 Å². The van der Waals surface area contributed by atoms with Crippen LogP contribution >= 0.6 is 0 Å². The van der Waals surface area contributed by atoms with Gasteiger partial charge in [-0.3, -0.25) is 14.8 Å². The number of carbonyl (C=O) groups excluding carboxylic acids is 1. The number of sulfonamides is 1. The van der Waals surface area contributed by atoms with Gasteiger partial charge in [-0.15, -0.1) is 0 Å². The molecule has 1 aliphatic rings. The molecule has 0 aliphatic carbocycles. The second-order valence-electron chi connectivity index (χ2n) is 8.70. The summed E-state index contributed by atoms with van der Waals surface area (Å²) in [6.07, 6.45) is -3.53. The Morgan fingerprint density at radius 2 is 1.92 bits per heavy atom. The summed E-state index contributed by atoms with van der Waals surface area (Å²) in [4.78, 5) is 21.0. The van der Waals surface area contributed by atoms with Crippen LogP contribution in [0.25, 0.3) is 22.2 Å². The molecule has 198 valence electrons. The number of aliphatic hydroxyl groups is 1. The minimum Gasteiger partial charge on any atom is -0.443 e. The summed E-state index contributed by atoms with van der Waals surface area (Å²) in [6, 6.07) is 12.0. The fourth-order valence-electron chi connectivity index (χ4n) is 4.27. The molecular weight excluding hydrogens is 525 g/mol. The lowest BCUT2D eigenvalue weighted by Crippen LogP contribution is -2.49. The minimum absolute atomic E-state index is 0.0604. The summed E-state index contributed by atoms with van der Waals surface area (Å²) in [5, 5.41) is 13.3. The van der Waals surface area contributed by atoms with E-state index in [4.69, 9.17) is 4.42 Å². The standard InChI is InChI=1S/C25H21F3N4O5S/c26-25(27,28)17-5-6-19(30-13-17)15-7-9-29-18(11-15)14-31-24(34)23-20(33)8-10-32(23)38(35,36)22-12-16-3-1-2-4-21(16)37-22/h1-7,9,11-13,20,23,33H,8,10,14H2,(H,31,34)/t20-,23-/m0/s1. The Hall–Kier alpha value is -3.81. The number of rotatable bonds is 6. The average molecular weight is 547 g/mol. The number of fused-ring (bicyclic) bond motifs is 1. The van der Waals surface area contributed by atoms with E-state index in [0.717, 1.165) is 16.6 Å². The third-order valence-electron chi connectivity index (χ3n) is 6.20. The van der Waals surface area contributed by atoms with E-state index in [1.807, 2.05) is 0 Å². The Bertz CT molecular complexity index is 1560. The Balaban J connectivity index is 1.31. The summed E-state index contributed by atoms with van der Waals surface area (Å²) in [7, 11) is -4.23. The van der Waals surface area contributed by atoms with Gasteiger partial charge in [-0.25, -0.2) is 8.42 Å². The van der Waals surface area contributed by atoms with Crippen molar-refractivity contribution in [3.63, 3.8) is 0 Å². The number of para-hydroxylation sites is 1. The summed E-state index contributed by atoms with van der Waals surface area (Å²) in [5.41, 5.74) is 0.618. The number of hydrogen-bond acceptors (Lipinski definition) is 7. The molecule has 1 fully saturated rings. The maximum atomic E-state index is 13.3. The molecule has 4 heterocycles. The number of pyridine rings is 2. The van der Waals surface area contributed by atoms with Crippen molar-refractivity contribution >= 4 is 26.9 Å². The lowest BCUT2D eigenvalue weighted by Gasteiger charge is -2.23. The van der Waals surface area contributed by atoms with Crippen molar-refractivity contribution in [3.8, 4) is 11.3 Å². The van der Waals surface area contributed by atoms with Crippen molar-refractivity contribution < 1.29 is 35.9 Å². The SMILES string of the molecule is O=C(NCc1cc(-c2ccc(C(F)(F)F)cn2)ccn1)[C@@H]1[C@@H](O)CCN1S(=O)(=O)c1cc2ccccc2o1. The third-order valence-corrected chi connectivity index (χ3v) is 7.94. The molecule has 4 aromatic rings. The van der Waals surface area contributed by atoms with E-state index in [2.05, 4.69) is 15.3 Å². The number of nitrogens with one attached hydrogen (secondary N) is 1. The number of hydrogen-bond donors (Lipinski definition) is 2. The molecule has 0 saturated carbocycles. The zero-order valence-electron chi connectivity index (χ0n) is 19.6. The van der Waals surface area contributed by atoms with E-state index in [-0.39, 0.29) is 30.3 Å². The summed E-state index contributed by atoms with van der Waals surface area (Å²) in [5.74, 6) is -0.727. The maximum Gasteiger partial charge on any atom is 0.417 e. The average Bonchev–Trinajstić information content (AvgIpc) is 3.52. The van der Waals surface area contributed by atoms with Crippen molar-refractivity contribution in [3.05, 3.63) is 78.2 Å². The highest BCUT2D eigenvalue weighted by atomic mass is 32.2. The van der Waals surface area contributed by atoms with E-state index in [9.17, 15) is 31.5 Å². The number of alkyl halides is 3. The van der Waals surface area contributed by atoms with Crippen molar-refractivity contribution in [2.24, 2.45) is 0 Å². The second kappa shape index (κ2) is 9.82. The zero-order valence-corrected chi connectivity index (χ0v) is 20.4. The predicted octanol–water partition coefficient (Wildman–Crippen LogP) is 3.35. The Morgan fingerprint density at radius 1 is 1.13 bits per heavy atom. The van der Waals surface area contributed by atoms with Gasteiger partial charge in [0.2, 0.25) is 11.0 Å². The number of carbonyl (C=O) groups is 1. The van der Waals surface area contributed by atoms with Crippen molar-refractivity contribution in [2.45, 2.75) is 36.4 Å². The molecule has 2 atom stereocenters. The van der Waals surface area contributed by atoms with Gasteiger partial charge in [0, 0.05) is 36.0 Å². The van der Waals surface area contributed by atoms with E-state index in [1.165, 1.54) is 18.3 Å². The van der Waals surface area contributed by atoms with Crippen molar-refractivity contribution in [2.75, 3.05) is 6.54 Å². The van der Waals surface area contributed by atoms with Gasteiger partial charge in [0.15, 0.2) is 0 Å². The van der Waals surface area contributed by atoms with Gasteiger partial charge in [0.1, 0.15) is 11.6 Å². The smallest absolute Gasteiger partial charge is 0.417 e. The highest BCUT2D eigenvalue weighted by molar-refractivity contribution is 7.89. The number of aliphatic hydroxyl groups excluding tert-OH is 1. The highest BCUT2D eigenvalue weighted by Crippen LogP contribution is 2.31. The predicted molar refractivity (Wildman–Crippen MR) is 129 cm³/mol. The van der Waals surface area contributed by atoms with Crippen LogP contribution in [0.3, 0.4) is 0 Å². The van der Waals surface area contributed by atoms with Gasteiger partial charge in [0.25, 0.3) is 10.0 Å². The molecule has 2 N–H and O–H groups in total. The van der Waals surface area contributed by atoms with Gasteiger partial charge in [0.05, 0.1) is 29.6 Å². The molecule has 0 unspecified atom stereocenters. The van der Waals surface area contributed by atoms with Gasteiger partial charge in [-0.1, -0.05) is 18.2 Å². The van der Waals surface area contributed by atoms with Crippen LogP contribution in [-0.4, -0.2) is 52.4 Å². The maximum absolute atomic E-state index is 13.3. The lowest BCUT2D eigenvalue weighted by molar-refractivity contribution is -0.137. The van der Waals surface area contributed by atoms with Gasteiger partial charge < -0.3 is 14.8 Å². The molecule has 1 amide bonds. The van der Waals surface area contributed by atoms with Crippen molar-refractivity contribution in [1.29, 1.82) is 0 Å². The molecule has 0 bridgehead atoms. The molecule has 13 heteroatoms. The molecule has 5 rings (SSSR count). The fourth-order valence-corrected chi connectivity index (χ4v) is 5.86. The Kier molecular flexibility index (Phi) is 6.67. The quantitative estimate of drug-likeness (QED) is 0.380.